The van der Waals surface area contributed by atoms with Gasteiger partial charge in [0.1, 0.15) is 0 Å². The van der Waals surface area contributed by atoms with Crippen LogP contribution in [0.2, 0.25) is 0 Å². The molecule has 3 nitrogen and oxygen atoms in total. The summed E-state index contributed by atoms with van der Waals surface area (Å²) in [6.45, 7) is 9.23. The lowest BCUT2D eigenvalue weighted by molar-refractivity contribution is 0.129. The second kappa shape index (κ2) is 14.7. The lowest BCUT2D eigenvalue weighted by Crippen LogP contribution is -2.14. The molecule has 2 unspecified atom stereocenters. The molecule has 0 radical (unpaired) electrons. The summed E-state index contributed by atoms with van der Waals surface area (Å²) in [4.78, 5) is 0. The van der Waals surface area contributed by atoms with Crippen LogP contribution in [0.1, 0.15) is 98.3 Å². The Morgan fingerprint density at radius 3 is 2.05 bits per heavy atom. The van der Waals surface area contributed by atoms with Crippen LogP contribution in [0.3, 0.4) is 0 Å². The van der Waals surface area contributed by atoms with E-state index < -0.39 is 7.60 Å². The lowest BCUT2D eigenvalue weighted by atomic mass is 10.1. The Kier molecular flexibility index (Phi) is 14.8. The van der Waals surface area contributed by atoms with E-state index in [1.54, 1.807) is 0 Å². The van der Waals surface area contributed by atoms with Gasteiger partial charge >= 0.3 is 7.60 Å². The number of hydrogen-bond acceptors (Lipinski definition) is 3. The molecule has 22 heavy (non-hydrogen) atoms. The Morgan fingerprint density at radius 2 is 1.45 bits per heavy atom. The van der Waals surface area contributed by atoms with Crippen LogP contribution in [-0.2, 0) is 13.6 Å². The molecule has 0 aromatic rings. The first-order valence-corrected chi connectivity index (χ1v) is 11.3. The fourth-order valence-electron chi connectivity index (χ4n) is 2.46. The van der Waals surface area contributed by atoms with Crippen molar-refractivity contribution < 1.29 is 13.6 Å². The zero-order valence-electron chi connectivity index (χ0n) is 15.4. The van der Waals surface area contributed by atoms with E-state index >= 15 is 0 Å². The molecule has 2 atom stereocenters. The van der Waals surface area contributed by atoms with Gasteiger partial charge in [-0.25, -0.2) is 0 Å². The molecule has 0 bridgehead atoms. The molecular weight excluding hydrogens is 295 g/mol. The third kappa shape index (κ3) is 11.7. The molecule has 0 aliphatic heterocycles. The maximum atomic E-state index is 13.0. The topological polar surface area (TPSA) is 35.5 Å². The van der Waals surface area contributed by atoms with Crippen molar-refractivity contribution >= 4 is 7.60 Å². The maximum absolute atomic E-state index is 13.0. The van der Waals surface area contributed by atoms with Crippen molar-refractivity contribution in [2.24, 2.45) is 0 Å². The average Bonchev–Trinajstić information content (AvgIpc) is 2.51. The summed E-state index contributed by atoms with van der Waals surface area (Å²) in [5, 5.41) is 0. The summed E-state index contributed by atoms with van der Waals surface area (Å²) >= 11 is 0. The monoisotopic (exact) mass is 334 g/mol. The van der Waals surface area contributed by atoms with Crippen LogP contribution < -0.4 is 0 Å². The van der Waals surface area contributed by atoms with E-state index in [9.17, 15) is 4.57 Å². The number of rotatable bonds is 16. The largest absolute Gasteiger partial charge is 0.330 e. The van der Waals surface area contributed by atoms with Gasteiger partial charge in [0, 0.05) is 0 Å². The summed E-state index contributed by atoms with van der Waals surface area (Å²) in [6, 6.07) is 0. The van der Waals surface area contributed by atoms with Gasteiger partial charge < -0.3 is 9.05 Å². The quantitative estimate of drug-likeness (QED) is 0.226. The predicted molar refractivity (Wildman–Crippen MR) is 96.8 cm³/mol. The molecule has 0 saturated heterocycles. The maximum Gasteiger partial charge on any atom is 0.330 e. The van der Waals surface area contributed by atoms with Gasteiger partial charge in [-0.15, -0.1) is 0 Å². The summed E-state index contributed by atoms with van der Waals surface area (Å²) in [5.74, 6) is 0. The Bertz CT molecular complexity index is 282. The van der Waals surface area contributed by atoms with Crippen LogP contribution in [0.25, 0.3) is 0 Å². The first kappa shape index (κ1) is 22.1. The Hall–Kier alpha value is 0.150. The lowest BCUT2D eigenvalue weighted by Gasteiger charge is -2.25. The summed E-state index contributed by atoms with van der Waals surface area (Å²) < 4.78 is 24.8. The molecule has 0 spiro atoms. The molecule has 0 rings (SSSR count). The number of hydrogen-bond donors (Lipinski definition) is 0. The highest BCUT2D eigenvalue weighted by atomic mass is 31.2. The highest BCUT2D eigenvalue weighted by Crippen LogP contribution is 2.51. The molecule has 0 aliphatic rings. The van der Waals surface area contributed by atoms with Crippen LogP contribution in [0, 0.1) is 0 Å². The first-order chi connectivity index (χ1) is 10.6. The van der Waals surface area contributed by atoms with Gasteiger partial charge in [0.2, 0.25) is 0 Å². The highest BCUT2D eigenvalue weighted by Gasteiger charge is 2.27. The number of unbranched alkanes of at least 4 members (excludes halogenated alkanes) is 5. The smallest absolute Gasteiger partial charge is 0.309 e. The van der Waals surface area contributed by atoms with E-state index in [1.807, 2.05) is 0 Å². The van der Waals surface area contributed by atoms with Crippen LogP contribution in [0.4, 0.5) is 0 Å². The van der Waals surface area contributed by atoms with Crippen LogP contribution in [-0.4, -0.2) is 18.9 Å². The molecule has 0 N–H and O–H groups in total. The van der Waals surface area contributed by atoms with Crippen molar-refractivity contribution in [2.45, 2.75) is 104 Å². The van der Waals surface area contributed by atoms with Gasteiger partial charge in [-0.3, -0.25) is 4.57 Å². The second-order valence-corrected chi connectivity index (χ2v) is 8.38. The van der Waals surface area contributed by atoms with Gasteiger partial charge in [0.25, 0.3) is 0 Å². The van der Waals surface area contributed by atoms with Crippen LogP contribution >= 0.6 is 7.60 Å². The van der Waals surface area contributed by atoms with E-state index in [0.29, 0.717) is 12.8 Å². The summed E-state index contributed by atoms with van der Waals surface area (Å²) in [5.41, 5.74) is 0. The van der Waals surface area contributed by atoms with Crippen molar-refractivity contribution in [3.63, 3.8) is 0 Å². The Morgan fingerprint density at radius 1 is 0.773 bits per heavy atom. The van der Waals surface area contributed by atoms with Gasteiger partial charge in [0.15, 0.2) is 0 Å². The van der Waals surface area contributed by atoms with E-state index in [0.717, 1.165) is 57.8 Å². The van der Waals surface area contributed by atoms with E-state index in [2.05, 4.69) is 27.7 Å². The van der Waals surface area contributed by atoms with Gasteiger partial charge in [-0.2, -0.15) is 0 Å². The molecule has 0 aliphatic carbocycles. The average molecular weight is 334 g/mol. The SMILES string of the molecule is CCCCCCOP(=O)(CCCC)OC(CCC)CCCC. The fraction of sp³-hybridized carbons (Fsp3) is 1.00. The molecule has 4 heteroatoms. The summed E-state index contributed by atoms with van der Waals surface area (Å²) in [7, 11) is -2.91. The molecule has 134 valence electrons. The van der Waals surface area contributed by atoms with Gasteiger partial charge in [0.05, 0.1) is 18.9 Å². The predicted octanol–water partition coefficient (Wildman–Crippen LogP) is 6.95. The van der Waals surface area contributed by atoms with Crippen molar-refractivity contribution in [2.75, 3.05) is 12.8 Å². The molecule has 0 aromatic heterocycles. The molecule has 0 aromatic carbocycles. The Balaban J connectivity index is 4.44. The minimum absolute atomic E-state index is 0.100. The molecule has 0 heterocycles. The Labute approximate surface area is 139 Å². The van der Waals surface area contributed by atoms with Crippen molar-refractivity contribution in [3.05, 3.63) is 0 Å². The van der Waals surface area contributed by atoms with Crippen molar-refractivity contribution in [1.82, 2.24) is 0 Å². The summed E-state index contributed by atoms with van der Waals surface area (Å²) in [6.07, 6.45) is 12.5. The minimum Gasteiger partial charge on any atom is -0.309 e. The van der Waals surface area contributed by atoms with Crippen molar-refractivity contribution in [3.8, 4) is 0 Å². The van der Waals surface area contributed by atoms with Gasteiger partial charge in [-0.1, -0.05) is 72.6 Å². The first-order valence-electron chi connectivity index (χ1n) is 9.53. The van der Waals surface area contributed by atoms with Gasteiger partial charge in [-0.05, 0) is 25.7 Å². The van der Waals surface area contributed by atoms with Crippen LogP contribution in [0.5, 0.6) is 0 Å². The fourth-order valence-corrected chi connectivity index (χ4v) is 4.53. The third-order valence-corrected chi connectivity index (χ3v) is 5.93. The van der Waals surface area contributed by atoms with E-state index in [-0.39, 0.29) is 6.10 Å². The minimum atomic E-state index is -2.91. The zero-order valence-corrected chi connectivity index (χ0v) is 16.3. The standard InChI is InChI=1S/C18H39O3P/c1-5-9-12-13-16-20-22(19,17-11-7-3)21-18(14-8-4)15-10-6-2/h18H,5-17H2,1-4H3. The van der Waals surface area contributed by atoms with E-state index in [4.69, 9.17) is 9.05 Å². The molecule has 0 fully saturated rings. The third-order valence-electron chi connectivity index (χ3n) is 3.87. The second-order valence-electron chi connectivity index (χ2n) is 6.24. The van der Waals surface area contributed by atoms with Crippen LogP contribution in [0.15, 0.2) is 0 Å². The van der Waals surface area contributed by atoms with E-state index in [1.165, 1.54) is 12.8 Å². The molecular formula is C18H39O3P. The molecule has 0 amide bonds. The molecule has 0 saturated carbocycles. The zero-order chi connectivity index (χ0) is 16.7. The van der Waals surface area contributed by atoms with Crippen molar-refractivity contribution in [1.29, 1.82) is 0 Å². The highest BCUT2D eigenvalue weighted by molar-refractivity contribution is 7.53. The normalized spacial score (nSPS) is 15.6.